The first kappa shape index (κ1) is 12.6. The average Bonchev–Trinajstić information content (AvgIpc) is 2.73. The Kier molecular flexibility index (Phi) is 4.18. The molecule has 1 aromatic heterocycles. The number of hydrogen-bond donors (Lipinski definition) is 2. The minimum Gasteiger partial charge on any atom is -0.369 e. The van der Waals surface area contributed by atoms with Crippen LogP contribution in [0, 0.1) is 12.8 Å². The van der Waals surface area contributed by atoms with Gasteiger partial charge in [-0.25, -0.2) is 0 Å². The summed E-state index contributed by atoms with van der Waals surface area (Å²) in [5.41, 5.74) is 5.45. The van der Waals surface area contributed by atoms with Crippen molar-refractivity contribution < 1.29 is 4.79 Å². The van der Waals surface area contributed by atoms with Gasteiger partial charge in [0.15, 0.2) is 0 Å². The summed E-state index contributed by atoms with van der Waals surface area (Å²) in [7, 11) is 0. The van der Waals surface area contributed by atoms with Crippen LogP contribution in [-0.2, 0) is 11.3 Å². The van der Waals surface area contributed by atoms with Gasteiger partial charge in [-0.2, -0.15) is 0 Å². The van der Waals surface area contributed by atoms with Crippen LogP contribution in [0.15, 0.2) is 12.1 Å². The van der Waals surface area contributed by atoms with Crippen LogP contribution in [0.25, 0.3) is 0 Å². The Hall–Kier alpha value is -0.870. The second kappa shape index (κ2) is 5.65. The molecule has 1 amide bonds. The molecule has 0 bridgehead atoms. The zero-order valence-corrected chi connectivity index (χ0v) is 11.1. The van der Waals surface area contributed by atoms with Crippen LogP contribution in [0.1, 0.15) is 35.4 Å². The zero-order chi connectivity index (χ0) is 12.3. The summed E-state index contributed by atoms with van der Waals surface area (Å²) < 4.78 is 0. The zero-order valence-electron chi connectivity index (χ0n) is 10.2. The summed E-state index contributed by atoms with van der Waals surface area (Å²) >= 11 is 1.81. The molecular formula is C13H20N2OS. The Bertz CT molecular complexity index is 389. The van der Waals surface area contributed by atoms with Gasteiger partial charge in [-0.05, 0) is 31.9 Å². The highest BCUT2D eigenvalue weighted by atomic mass is 32.1. The highest BCUT2D eigenvalue weighted by Gasteiger charge is 2.28. The number of carbonyl (C=O) groups excluding carboxylic acids is 1. The molecule has 0 saturated heterocycles. The molecule has 0 radical (unpaired) electrons. The van der Waals surface area contributed by atoms with E-state index >= 15 is 0 Å². The van der Waals surface area contributed by atoms with Gasteiger partial charge < -0.3 is 11.1 Å². The molecule has 4 heteroatoms. The molecule has 1 aliphatic rings. The summed E-state index contributed by atoms with van der Waals surface area (Å²) in [5.74, 6) is -0.130. The number of hydrogen-bond acceptors (Lipinski definition) is 3. The molecule has 1 aliphatic carbocycles. The van der Waals surface area contributed by atoms with Gasteiger partial charge in [-0.1, -0.05) is 12.8 Å². The maximum Gasteiger partial charge on any atom is 0.222 e. The molecule has 0 aromatic carbocycles. The van der Waals surface area contributed by atoms with E-state index in [2.05, 4.69) is 24.4 Å². The third-order valence-electron chi connectivity index (χ3n) is 3.47. The summed E-state index contributed by atoms with van der Waals surface area (Å²) in [4.78, 5) is 14.0. The summed E-state index contributed by atoms with van der Waals surface area (Å²) in [5, 5.41) is 3.49. The van der Waals surface area contributed by atoms with E-state index in [1.807, 2.05) is 11.3 Å². The van der Waals surface area contributed by atoms with Crippen molar-refractivity contribution in [2.75, 3.05) is 0 Å². The molecule has 1 saturated carbocycles. The molecule has 3 nitrogen and oxygen atoms in total. The lowest BCUT2D eigenvalue weighted by Gasteiger charge is -2.30. The van der Waals surface area contributed by atoms with E-state index in [1.54, 1.807) is 0 Å². The van der Waals surface area contributed by atoms with Crippen LogP contribution in [0.3, 0.4) is 0 Å². The third kappa shape index (κ3) is 3.30. The fourth-order valence-electron chi connectivity index (χ4n) is 2.53. The predicted octanol–water partition coefficient (Wildman–Crippen LogP) is 2.19. The summed E-state index contributed by atoms with van der Waals surface area (Å²) in [6.45, 7) is 2.97. The van der Waals surface area contributed by atoms with Crippen LogP contribution >= 0.6 is 11.3 Å². The summed E-state index contributed by atoms with van der Waals surface area (Å²) in [6, 6.07) is 4.55. The van der Waals surface area contributed by atoms with E-state index in [0.29, 0.717) is 0 Å². The fraction of sp³-hybridized carbons (Fsp3) is 0.615. The highest BCUT2D eigenvalue weighted by Crippen LogP contribution is 2.25. The fourth-order valence-corrected chi connectivity index (χ4v) is 3.37. The number of nitrogens with two attached hydrogens (primary N) is 1. The number of amides is 1. The van der Waals surface area contributed by atoms with E-state index < -0.39 is 0 Å². The Balaban J connectivity index is 1.90. The van der Waals surface area contributed by atoms with Crippen molar-refractivity contribution in [1.82, 2.24) is 5.32 Å². The van der Waals surface area contributed by atoms with Crippen molar-refractivity contribution in [3.63, 3.8) is 0 Å². The first-order chi connectivity index (χ1) is 8.16. The number of primary amides is 1. The molecule has 0 spiro atoms. The van der Waals surface area contributed by atoms with Gasteiger partial charge in [0.1, 0.15) is 0 Å². The normalized spacial score (nSPS) is 24.8. The topological polar surface area (TPSA) is 55.1 Å². The first-order valence-electron chi connectivity index (χ1n) is 6.25. The van der Waals surface area contributed by atoms with Gasteiger partial charge in [-0.15, -0.1) is 11.3 Å². The van der Waals surface area contributed by atoms with Crippen molar-refractivity contribution in [2.24, 2.45) is 11.7 Å². The number of nitrogens with one attached hydrogen (secondary N) is 1. The van der Waals surface area contributed by atoms with E-state index in [9.17, 15) is 4.79 Å². The van der Waals surface area contributed by atoms with Crippen LogP contribution in [0.4, 0.5) is 0 Å². The molecule has 2 unspecified atom stereocenters. The van der Waals surface area contributed by atoms with E-state index in [1.165, 1.54) is 16.2 Å². The lowest BCUT2D eigenvalue weighted by atomic mass is 9.84. The van der Waals surface area contributed by atoms with Gasteiger partial charge in [0, 0.05) is 22.3 Å². The second-order valence-corrected chi connectivity index (χ2v) is 6.17. The van der Waals surface area contributed by atoms with Crippen LogP contribution < -0.4 is 11.1 Å². The van der Waals surface area contributed by atoms with Crippen molar-refractivity contribution >= 4 is 17.2 Å². The lowest BCUT2D eigenvalue weighted by Crippen LogP contribution is -2.44. The van der Waals surface area contributed by atoms with E-state index in [-0.39, 0.29) is 17.9 Å². The quantitative estimate of drug-likeness (QED) is 0.863. The van der Waals surface area contributed by atoms with Gasteiger partial charge in [0.2, 0.25) is 5.91 Å². The molecule has 94 valence electrons. The van der Waals surface area contributed by atoms with Crippen molar-refractivity contribution in [1.29, 1.82) is 0 Å². The monoisotopic (exact) mass is 252 g/mol. The molecule has 1 heterocycles. The molecule has 1 fully saturated rings. The van der Waals surface area contributed by atoms with Crippen molar-refractivity contribution in [3.8, 4) is 0 Å². The number of aryl methyl sites for hydroxylation is 1. The van der Waals surface area contributed by atoms with E-state index in [0.717, 1.165) is 25.8 Å². The largest absolute Gasteiger partial charge is 0.369 e. The molecular weight excluding hydrogens is 232 g/mol. The van der Waals surface area contributed by atoms with Crippen molar-refractivity contribution in [2.45, 2.75) is 45.2 Å². The molecule has 1 aromatic rings. The SMILES string of the molecule is Cc1ccc(CNC2CCCCC2C(N)=O)s1. The molecule has 2 atom stereocenters. The Morgan fingerprint density at radius 1 is 1.47 bits per heavy atom. The van der Waals surface area contributed by atoms with Gasteiger partial charge in [-0.3, -0.25) is 4.79 Å². The smallest absolute Gasteiger partial charge is 0.222 e. The van der Waals surface area contributed by atoms with Crippen LogP contribution in [-0.4, -0.2) is 11.9 Å². The van der Waals surface area contributed by atoms with Gasteiger partial charge in [0.05, 0.1) is 5.92 Å². The Morgan fingerprint density at radius 2 is 2.24 bits per heavy atom. The second-order valence-electron chi connectivity index (χ2n) is 4.79. The molecule has 0 aliphatic heterocycles. The minimum absolute atomic E-state index is 0.0183. The van der Waals surface area contributed by atoms with Crippen LogP contribution in [0.5, 0.6) is 0 Å². The molecule has 3 N–H and O–H groups in total. The number of rotatable bonds is 4. The first-order valence-corrected chi connectivity index (χ1v) is 7.06. The van der Waals surface area contributed by atoms with Crippen LogP contribution in [0.2, 0.25) is 0 Å². The summed E-state index contributed by atoms with van der Waals surface area (Å²) in [6.07, 6.45) is 4.34. The Morgan fingerprint density at radius 3 is 2.88 bits per heavy atom. The average molecular weight is 252 g/mol. The molecule has 2 rings (SSSR count). The highest BCUT2D eigenvalue weighted by molar-refractivity contribution is 7.11. The lowest BCUT2D eigenvalue weighted by molar-refractivity contribution is -0.123. The number of carbonyl (C=O) groups is 1. The van der Waals surface area contributed by atoms with Crippen molar-refractivity contribution in [3.05, 3.63) is 21.9 Å². The van der Waals surface area contributed by atoms with Gasteiger partial charge in [0.25, 0.3) is 0 Å². The minimum atomic E-state index is -0.149. The predicted molar refractivity (Wildman–Crippen MR) is 70.8 cm³/mol. The third-order valence-corrected chi connectivity index (χ3v) is 4.47. The Labute approximate surface area is 106 Å². The standard InChI is InChI=1S/C13H20N2OS/c1-9-6-7-10(17-9)8-15-12-5-3-2-4-11(12)13(14)16/h6-7,11-12,15H,2-5,8H2,1H3,(H2,14,16). The number of thiophene rings is 1. The maximum atomic E-state index is 11.4. The molecule has 17 heavy (non-hydrogen) atoms. The van der Waals surface area contributed by atoms with E-state index in [4.69, 9.17) is 5.73 Å². The maximum absolute atomic E-state index is 11.4. The van der Waals surface area contributed by atoms with Gasteiger partial charge >= 0.3 is 0 Å².